The molecule has 1 aromatic heterocycles. The van der Waals surface area contributed by atoms with E-state index in [1.807, 2.05) is 27.7 Å². The van der Waals surface area contributed by atoms with Gasteiger partial charge >= 0.3 is 0 Å². The summed E-state index contributed by atoms with van der Waals surface area (Å²) in [6, 6.07) is 1.69. The van der Waals surface area contributed by atoms with Crippen LogP contribution in [0.1, 0.15) is 49.8 Å². The minimum atomic E-state index is -0.473. The van der Waals surface area contributed by atoms with E-state index in [2.05, 4.69) is 16.0 Å². The fraction of sp³-hybridized carbons (Fsp3) is 0.643. The van der Waals surface area contributed by atoms with Crippen molar-refractivity contribution in [1.82, 2.24) is 20.6 Å². The molecule has 7 heteroatoms. The number of aromatic nitrogens is 2. The van der Waals surface area contributed by atoms with Gasteiger partial charge in [0, 0.05) is 12.3 Å². The maximum Gasteiger partial charge on any atom is 0.290 e. The van der Waals surface area contributed by atoms with E-state index in [1.54, 1.807) is 10.7 Å². The van der Waals surface area contributed by atoms with Gasteiger partial charge in [-0.3, -0.25) is 25.1 Å². The molecule has 0 spiro atoms. The van der Waals surface area contributed by atoms with Crippen LogP contribution in [-0.2, 0) is 15.1 Å². The van der Waals surface area contributed by atoms with Gasteiger partial charge in [-0.25, -0.2) is 0 Å². The minimum absolute atomic E-state index is 0.205. The van der Waals surface area contributed by atoms with Crippen molar-refractivity contribution in [2.45, 2.75) is 52.2 Å². The first kappa shape index (κ1) is 15.5. The Balaban J connectivity index is 1.96. The van der Waals surface area contributed by atoms with Gasteiger partial charge < -0.3 is 4.74 Å². The average Bonchev–Trinajstić information content (AvgIpc) is 3.03. The van der Waals surface area contributed by atoms with E-state index in [0.717, 1.165) is 12.1 Å². The Morgan fingerprint density at radius 1 is 1.38 bits per heavy atom. The summed E-state index contributed by atoms with van der Waals surface area (Å²) in [5.41, 5.74) is 5.71. The summed E-state index contributed by atoms with van der Waals surface area (Å²) in [5.74, 6) is -0.764. The molecular formula is C14H22N4O3. The highest BCUT2D eigenvalue weighted by atomic mass is 16.5. The third kappa shape index (κ3) is 3.60. The molecule has 0 aliphatic carbocycles. The molecule has 1 atom stereocenters. The molecule has 2 N–H and O–H groups in total. The quantitative estimate of drug-likeness (QED) is 0.793. The van der Waals surface area contributed by atoms with E-state index < -0.39 is 12.0 Å². The van der Waals surface area contributed by atoms with Gasteiger partial charge in [-0.2, -0.15) is 5.10 Å². The van der Waals surface area contributed by atoms with Crippen LogP contribution < -0.4 is 10.9 Å². The molecule has 1 fully saturated rings. The molecule has 2 heterocycles. The van der Waals surface area contributed by atoms with Crippen molar-refractivity contribution >= 4 is 11.8 Å². The number of amides is 2. The number of hydrogen-bond donors (Lipinski definition) is 2. The van der Waals surface area contributed by atoms with Crippen LogP contribution in [0, 0.1) is 6.92 Å². The third-order valence-electron chi connectivity index (χ3n) is 3.28. The van der Waals surface area contributed by atoms with Crippen LogP contribution in [0.5, 0.6) is 0 Å². The van der Waals surface area contributed by atoms with Crippen molar-refractivity contribution in [1.29, 1.82) is 0 Å². The van der Waals surface area contributed by atoms with Gasteiger partial charge in [-0.05, 0) is 46.6 Å². The molecule has 21 heavy (non-hydrogen) atoms. The van der Waals surface area contributed by atoms with Gasteiger partial charge in [0.2, 0.25) is 0 Å². The largest absolute Gasteiger partial charge is 0.368 e. The maximum atomic E-state index is 12.0. The van der Waals surface area contributed by atoms with Crippen LogP contribution >= 0.6 is 0 Å². The molecule has 2 amide bonds. The lowest BCUT2D eigenvalue weighted by atomic mass is 10.1. The highest BCUT2D eigenvalue weighted by Crippen LogP contribution is 2.16. The van der Waals surface area contributed by atoms with Crippen molar-refractivity contribution in [2.24, 2.45) is 0 Å². The van der Waals surface area contributed by atoms with Gasteiger partial charge in [0.1, 0.15) is 6.10 Å². The van der Waals surface area contributed by atoms with E-state index in [4.69, 9.17) is 4.74 Å². The predicted molar refractivity (Wildman–Crippen MR) is 76.5 cm³/mol. The summed E-state index contributed by atoms with van der Waals surface area (Å²) in [4.78, 5) is 23.8. The summed E-state index contributed by atoms with van der Waals surface area (Å²) in [7, 11) is 0. The summed E-state index contributed by atoms with van der Waals surface area (Å²) >= 11 is 0. The van der Waals surface area contributed by atoms with Crippen LogP contribution in [0.2, 0.25) is 0 Å². The van der Waals surface area contributed by atoms with Gasteiger partial charge in [-0.15, -0.1) is 0 Å². The first-order chi connectivity index (χ1) is 9.79. The second-order valence-electron chi connectivity index (χ2n) is 6.20. The monoisotopic (exact) mass is 294 g/mol. The summed E-state index contributed by atoms with van der Waals surface area (Å²) in [6.45, 7) is 8.50. The SMILES string of the molecule is Cc1cc(C(=O)NNC(=O)C2CCCO2)nn1C(C)(C)C. The number of nitrogens with one attached hydrogen (secondary N) is 2. The number of hydrazine groups is 1. The molecule has 1 aliphatic rings. The van der Waals surface area contributed by atoms with Crippen molar-refractivity contribution in [3.63, 3.8) is 0 Å². The van der Waals surface area contributed by atoms with Gasteiger partial charge in [0.05, 0.1) is 5.54 Å². The second-order valence-corrected chi connectivity index (χ2v) is 6.20. The molecule has 0 aromatic carbocycles. The molecule has 1 unspecified atom stereocenters. The van der Waals surface area contributed by atoms with Crippen molar-refractivity contribution in [3.05, 3.63) is 17.5 Å². The van der Waals surface area contributed by atoms with Crippen LogP contribution in [0.15, 0.2) is 6.07 Å². The second kappa shape index (κ2) is 5.85. The Morgan fingerprint density at radius 3 is 2.62 bits per heavy atom. The number of hydrogen-bond acceptors (Lipinski definition) is 4. The highest BCUT2D eigenvalue weighted by molar-refractivity contribution is 5.94. The minimum Gasteiger partial charge on any atom is -0.368 e. The van der Waals surface area contributed by atoms with E-state index in [-0.39, 0.29) is 17.1 Å². The Hall–Kier alpha value is -1.89. The van der Waals surface area contributed by atoms with Crippen LogP contribution in [-0.4, -0.2) is 34.3 Å². The van der Waals surface area contributed by atoms with E-state index in [0.29, 0.717) is 13.0 Å². The molecule has 1 saturated heterocycles. The topological polar surface area (TPSA) is 85.2 Å². The van der Waals surface area contributed by atoms with Gasteiger partial charge in [0.25, 0.3) is 11.8 Å². The van der Waals surface area contributed by atoms with E-state index >= 15 is 0 Å². The Morgan fingerprint density at radius 2 is 2.10 bits per heavy atom. The van der Waals surface area contributed by atoms with Crippen LogP contribution in [0.25, 0.3) is 0 Å². The van der Waals surface area contributed by atoms with E-state index in [9.17, 15) is 9.59 Å². The fourth-order valence-electron chi connectivity index (χ4n) is 2.31. The van der Waals surface area contributed by atoms with Gasteiger partial charge in [-0.1, -0.05) is 0 Å². The van der Waals surface area contributed by atoms with Crippen molar-refractivity contribution < 1.29 is 14.3 Å². The molecular weight excluding hydrogens is 272 g/mol. The average molecular weight is 294 g/mol. The summed E-state index contributed by atoms with van der Waals surface area (Å²) in [6.07, 6.45) is 1.07. The van der Waals surface area contributed by atoms with Gasteiger partial charge in [0.15, 0.2) is 5.69 Å². The zero-order chi connectivity index (χ0) is 15.6. The number of carbonyl (C=O) groups is 2. The molecule has 7 nitrogen and oxygen atoms in total. The lowest BCUT2D eigenvalue weighted by Crippen LogP contribution is -2.46. The molecule has 0 saturated carbocycles. The lowest BCUT2D eigenvalue weighted by Gasteiger charge is -2.21. The number of ether oxygens (including phenoxy) is 1. The van der Waals surface area contributed by atoms with Crippen LogP contribution in [0.3, 0.4) is 0 Å². The summed E-state index contributed by atoms with van der Waals surface area (Å²) < 4.78 is 7.02. The smallest absolute Gasteiger partial charge is 0.290 e. The molecule has 0 bridgehead atoms. The number of aryl methyl sites for hydroxylation is 1. The molecule has 0 radical (unpaired) electrons. The Labute approximate surface area is 124 Å². The lowest BCUT2D eigenvalue weighted by molar-refractivity contribution is -0.130. The third-order valence-corrected chi connectivity index (χ3v) is 3.28. The Bertz CT molecular complexity index is 539. The molecule has 2 rings (SSSR count). The first-order valence-corrected chi connectivity index (χ1v) is 7.08. The first-order valence-electron chi connectivity index (χ1n) is 7.08. The normalized spacial score (nSPS) is 18.6. The molecule has 116 valence electrons. The highest BCUT2D eigenvalue weighted by Gasteiger charge is 2.25. The number of rotatable bonds is 2. The summed E-state index contributed by atoms with van der Waals surface area (Å²) in [5, 5.41) is 4.28. The zero-order valence-corrected chi connectivity index (χ0v) is 12.9. The Kier molecular flexibility index (Phi) is 4.32. The number of carbonyl (C=O) groups excluding carboxylic acids is 2. The fourth-order valence-corrected chi connectivity index (χ4v) is 2.31. The van der Waals surface area contributed by atoms with Crippen molar-refractivity contribution in [3.8, 4) is 0 Å². The van der Waals surface area contributed by atoms with E-state index in [1.165, 1.54) is 0 Å². The number of nitrogens with zero attached hydrogens (tertiary/aromatic N) is 2. The predicted octanol–water partition coefficient (Wildman–Crippen LogP) is 0.887. The van der Waals surface area contributed by atoms with Crippen LogP contribution in [0.4, 0.5) is 0 Å². The van der Waals surface area contributed by atoms with Crippen molar-refractivity contribution in [2.75, 3.05) is 6.61 Å². The zero-order valence-electron chi connectivity index (χ0n) is 12.9. The molecule has 1 aliphatic heterocycles. The maximum absolute atomic E-state index is 12.0. The standard InChI is InChI=1S/C14H22N4O3/c1-9-8-10(17-18(9)14(2,3)4)12(19)15-16-13(20)11-6-5-7-21-11/h8,11H,5-7H2,1-4H3,(H,15,19)(H,16,20). The molecule has 1 aromatic rings.